The van der Waals surface area contributed by atoms with Gasteiger partial charge in [-0.1, -0.05) is 0 Å². The van der Waals surface area contributed by atoms with Crippen LogP contribution in [0.2, 0.25) is 0 Å². The minimum absolute atomic E-state index is 1.03. The van der Waals surface area contributed by atoms with E-state index >= 15 is 0 Å². The van der Waals surface area contributed by atoms with E-state index in [1.165, 1.54) is 0 Å². The molecule has 0 atom stereocenters. The fourth-order valence-electron chi connectivity index (χ4n) is 0.107. The van der Waals surface area contributed by atoms with Crippen molar-refractivity contribution in [1.29, 1.82) is 0 Å². The van der Waals surface area contributed by atoms with Crippen molar-refractivity contribution in [2.24, 2.45) is 0 Å². The van der Waals surface area contributed by atoms with E-state index in [1.54, 1.807) is 0 Å². The molecule has 50 valence electrons. The summed E-state index contributed by atoms with van der Waals surface area (Å²) in [4.78, 5) is 0. The summed E-state index contributed by atoms with van der Waals surface area (Å²) in [5.41, 5.74) is 0. The summed E-state index contributed by atoms with van der Waals surface area (Å²) in [7, 11) is 0. The van der Waals surface area contributed by atoms with Gasteiger partial charge in [-0.25, -0.2) is 0 Å². The monoisotopic (exact) mass is 254 g/mol. The molecular formula is C2H2Br2F2O2. The van der Waals surface area contributed by atoms with Crippen molar-refractivity contribution >= 4 is 31.9 Å². The molecule has 0 aromatic carbocycles. The number of halogens is 4. The van der Waals surface area contributed by atoms with E-state index in [-0.39, 0.29) is 0 Å². The van der Waals surface area contributed by atoms with Gasteiger partial charge in [-0.2, -0.15) is 0 Å². The second-order valence-electron chi connectivity index (χ2n) is 0.865. The van der Waals surface area contributed by atoms with Crippen LogP contribution in [0.5, 0.6) is 0 Å². The van der Waals surface area contributed by atoms with E-state index in [0.717, 1.165) is 0 Å². The van der Waals surface area contributed by atoms with Gasteiger partial charge < -0.3 is 5.11 Å². The molecule has 0 saturated carbocycles. The number of alkyl halides is 4. The van der Waals surface area contributed by atoms with Gasteiger partial charge in [-0.15, -0.1) is 8.78 Å². The summed E-state index contributed by atoms with van der Waals surface area (Å²) in [6, 6.07) is 0. The maximum absolute atomic E-state index is 11.2. The highest BCUT2D eigenvalue weighted by Crippen LogP contribution is 2.20. The third-order valence-electron chi connectivity index (χ3n) is 0.231. The van der Waals surface area contributed by atoms with Crippen LogP contribution >= 0.6 is 31.9 Å². The quantitative estimate of drug-likeness (QED) is 0.600. The molecule has 0 aromatic rings. The highest BCUT2D eigenvalue weighted by atomic mass is 79.9. The van der Waals surface area contributed by atoms with Gasteiger partial charge in [-0.05, 0) is 31.9 Å². The van der Waals surface area contributed by atoms with Crippen LogP contribution in [-0.2, 0) is 4.74 Å². The third-order valence-corrected chi connectivity index (χ3v) is 0.605. The van der Waals surface area contributed by atoms with Gasteiger partial charge in [0, 0.05) is 0 Å². The van der Waals surface area contributed by atoms with E-state index in [0.29, 0.717) is 0 Å². The first-order valence-electron chi connectivity index (χ1n) is 1.48. The molecule has 0 rings (SSSR count). The minimum atomic E-state index is -4.07. The molecule has 0 aliphatic heterocycles. The lowest BCUT2D eigenvalue weighted by molar-refractivity contribution is -0.366. The van der Waals surface area contributed by atoms with Crippen molar-refractivity contribution in [3.05, 3.63) is 0 Å². The summed E-state index contributed by atoms with van der Waals surface area (Å²) in [6.45, 7) is 0. The molecule has 0 aliphatic carbocycles. The van der Waals surface area contributed by atoms with Gasteiger partial charge in [0.05, 0.1) is 0 Å². The Morgan fingerprint density at radius 2 is 1.88 bits per heavy atom. The van der Waals surface area contributed by atoms with Crippen LogP contribution in [0.15, 0.2) is 0 Å². The Kier molecular flexibility index (Phi) is 3.33. The van der Waals surface area contributed by atoms with Crippen molar-refractivity contribution in [3.8, 4) is 0 Å². The molecule has 8 heavy (non-hydrogen) atoms. The normalized spacial score (nSPS) is 12.8. The maximum atomic E-state index is 11.2. The molecule has 2 nitrogen and oxygen atoms in total. The Bertz CT molecular complexity index is 70.9. The molecule has 0 radical (unpaired) electrons. The second-order valence-corrected chi connectivity index (χ2v) is 3.76. The number of rotatable bonds is 2. The Morgan fingerprint density at radius 3 is 1.88 bits per heavy atom. The van der Waals surface area contributed by atoms with Crippen molar-refractivity contribution < 1.29 is 18.6 Å². The van der Waals surface area contributed by atoms with Gasteiger partial charge in [-0.3, -0.25) is 4.74 Å². The zero-order chi connectivity index (χ0) is 6.78. The van der Waals surface area contributed by atoms with E-state index in [1.807, 2.05) is 0 Å². The summed E-state index contributed by atoms with van der Waals surface area (Å²) >= 11 is 5.13. The Hall–Kier alpha value is 0.740. The molecule has 0 aromatic heterocycles. The lowest BCUT2D eigenvalue weighted by atomic mass is 11.2. The number of ether oxygens (including phenoxy) is 1. The van der Waals surface area contributed by atoms with Crippen LogP contribution in [0.4, 0.5) is 8.78 Å². The second kappa shape index (κ2) is 3.05. The maximum Gasteiger partial charge on any atom is 0.484 e. The number of hydrogen-bond acceptors (Lipinski definition) is 2. The van der Waals surface area contributed by atoms with Gasteiger partial charge in [0.25, 0.3) is 0 Å². The number of hydrogen-bond donors (Lipinski definition) is 1. The highest BCUT2D eigenvalue weighted by Gasteiger charge is 2.28. The number of aliphatic hydroxyl groups is 1. The minimum Gasteiger partial charge on any atom is -0.311 e. The van der Waals surface area contributed by atoms with E-state index in [9.17, 15) is 8.78 Å². The molecule has 6 heteroatoms. The van der Waals surface area contributed by atoms with E-state index in [4.69, 9.17) is 5.11 Å². The van der Waals surface area contributed by atoms with Crippen LogP contribution < -0.4 is 0 Å². The Morgan fingerprint density at radius 1 is 1.50 bits per heavy atom. The lowest BCUT2D eigenvalue weighted by Crippen LogP contribution is -2.20. The first-order chi connectivity index (χ1) is 3.42. The Balaban J connectivity index is 3.39. The molecule has 0 aliphatic rings. The molecule has 0 fully saturated rings. The zero-order valence-corrected chi connectivity index (χ0v) is 6.62. The first kappa shape index (κ1) is 8.74. The average molecular weight is 256 g/mol. The van der Waals surface area contributed by atoms with Crippen LogP contribution in [0, 0.1) is 0 Å². The molecular weight excluding hydrogens is 254 g/mol. The molecule has 0 unspecified atom stereocenters. The summed E-state index contributed by atoms with van der Waals surface area (Å²) in [6.07, 6.45) is -4.07. The van der Waals surface area contributed by atoms with Crippen molar-refractivity contribution in [3.63, 3.8) is 0 Å². The third kappa shape index (κ3) is 6.74. The smallest absolute Gasteiger partial charge is 0.311 e. The molecule has 0 bridgehead atoms. The summed E-state index contributed by atoms with van der Waals surface area (Å²) in [5.74, 6) is 0. The van der Waals surface area contributed by atoms with E-state index < -0.39 is 10.2 Å². The fourth-order valence-corrected chi connectivity index (χ4v) is 0.557. The van der Waals surface area contributed by atoms with E-state index in [2.05, 4.69) is 36.6 Å². The SMILES string of the molecule is OC(F)(F)OC(Br)Br. The van der Waals surface area contributed by atoms with Crippen molar-refractivity contribution in [2.45, 2.75) is 10.2 Å². The van der Waals surface area contributed by atoms with Gasteiger partial charge in [0.15, 0.2) is 3.92 Å². The topological polar surface area (TPSA) is 29.5 Å². The zero-order valence-electron chi connectivity index (χ0n) is 3.44. The summed E-state index contributed by atoms with van der Waals surface area (Å²) < 4.78 is 25.0. The molecule has 0 amide bonds. The standard InChI is InChI=1S/C2H2Br2F2O2/c3-1(4)8-2(5,6)7/h1,7H. The van der Waals surface area contributed by atoms with Crippen LogP contribution in [0.1, 0.15) is 0 Å². The largest absolute Gasteiger partial charge is 0.484 e. The van der Waals surface area contributed by atoms with Crippen LogP contribution in [0.3, 0.4) is 0 Å². The molecule has 0 heterocycles. The fraction of sp³-hybridized carbons (Fsp3) is 1.00. The van der Waals surface area contributed by atoms with Crippen LogP contribution in [0.25, 0.3) is 0 Å². The van der Waals surface area contributed by atoms with Gasteiger partial charge in [0.1, 0.15) is 0 Å². The Labute approximate surface area is 61.1 Å². The molecule has 0 saturated heterocycles. The highest BCUT2D eigenvalue weighted by molar-refractivity contribution is 9.24. The van der Waals surface area contributed by atoms with Gasteiger partial charge in [0.2, 0.25) is 0 Å². The predicted octanol–water partition coefficient (Wildman–Crippen LogP) is 1.62. The average Bonchev–Trinajstić information content (AvgIpc) is 1.21. The van der Waals surface area contributed by atoms with Gasteiger partial charge >= 0.3 is 6.29 Å². The van der Waals surface area contributed by atoms with Crippen LogP contribution in [-0.4, -0.2) is 15.3 Å². The molecule has 1 N–H and O–H groups in total. The predicted molar refractivity (Wildman–Crippen MR) is 29.9 cm³/mol. The first-order valence-corrected chi connectivity index (χ1v) is 3.31. The lowest BCUT2D eigenvalue weighted by Gasteiger charge is -2.08. The van der Waals surface area contributed by atoms with Crippen molar-refractivity contribution in [1.82, 2.24) is 0 Å². The summed E-state index contributed by atoms with van der Waals surface area (Å²) in [5, 5.41) is 7.57. The van der Waals surface area contributed by atoms with Crippen molar-refractivity contribution in [2.75, 3.05) is 0 Å². The molecule has 0 spiro atoms.